The molecule has 2 heterocycles. The molecule has 0 atom stereocenters. The molecule has 0 spiro atoms. The molecule has 0 saturated carbocycles. The lowest BCUT2D eigenvalue weighted by molar-refractivity contribution is 0.493. The van der Waals surface area contributed by atoms with E-state index in [4.69, 9.17) is 4.74 Å². The van der Waals surface area contributed by atoms with E-state index in [0.717, 1.165) is 11.5 Å². The van der Waals surface area contributed by atoms with Gasteiger partial charge in [-0.05, 0) is 43.1 Å². The second-order valence-corrected chi connectivity index (χ2v) is 13.8. The van der Waals surface area contributed by atoms with E-state index in [2.05, 4.69) is 140 Å². The number of fused-ring (bicyclic) bond motifs is 6. The number of hydrogen-bond acceptors (Lipinski definition) is 1. The van der Waals surface area contributed by atoms with Gasteiger partial charge in [-0.15, -0.1) is 0 Å². The highest BCUT2D eigenvalue weighted by molar-refractivity contribution is 7.26. The Morgan fingerprint density at radius 2 is 1.14 bits per heavy atom. The van der Waals surface area contributed by atoms with Gasteiger partial charge in [-0.2, -0.15) is 0 Å². The predicted octanol–water partition coefficient (Wildman–Crippen LogP) is 3.15. The normalized spacial score (nSPS) is 14.3. The molecule has 0 aliphatic carbocycles. The van der Waals surface area contributed by atoms with Crippen molar-refractivity contribution in [2.75, 3.05) is 0 Å². The molecule has 0 radical (unpaired) electrons. The maximum Gasteiger partial charge on any atom is 0.250 e. The molecule has 172 valence electrons. The molecule has 6 aromatic carbocycles. The average Bonchev–Trinajstić information content (AvgIpc) is 2.98. The Labute approximate surface area is 218 Å². The Morgan fingerprint density at radius 3 is 1.92 bits per heavy atom. The van der Waals surface area contributed by atoms with E-state index in [9.17, 15) is 0 Å². The molecular weight excluding hydrogens is 463 g/mol. The molecule has 0 unspecified atom stereocenters. The van der Waals surface area contributed by atoms with Gasteiger partial charge in [-0.25, -0.2) is 0 Å². The Hall–Kier alpha value is -4.34. The third kappa shape index (κ3) is 2.75. The fraction of sp³-hybridized carbons (Fsp3) is 0. The van der Waals surface area contributed by atoms with E-state index in [1.54, 1.807) is 0 Å². The van der Waals surface area contributed by atoms with Crippen molar-refractivity contribution in [1.82, 2.24) is 0 Å². The van der Waals surface area contributed by atoms with Gasteiger partial charge in [-0.3, -0.25) is 0 Å². The molecule has 1 nitrogen and oxygen atoms in total. The second kappa shape index (κ2) is 7.83. The van der Waals surface area contributed by atoms with E-state index in [0.29, 0.717) is 0 Å². The standard InChI is InChI=1S/C34H23BOSi/c1-3-13-25(14-4-1)37(26-15-5-2-6-16-26)31-20-10-9-18-28(31)35-29-23-22-24-12-7-8-17-27(24)34(29)36-30-19-11-21-32(37)33(30)35/h1-23H. The van der Waals surface area contributed by atoms with Crippen LogP contribution in [0.1, 0.15) is 0 Å². The minimum atomic E-state index is -2.59. The fourth-order valence-electron chi connectivity index (χ4n) is 6.85. The average molecular weight is 486 g/mol. The lowest BCUT2D eigenvalue weighted by Gasteiger charge is -2.44. The molecule has 0 aromatic heterocycles. The molecule has 2 aliphatic heterocycles. The third-order valence-corrected chi connectivity index (χ3v) is 13.2. The number of rotatable bonds is 2. The van der Waals surface area contributed by atoms with Crippen molar-refractivity contribution in [3.8, 4) is 11.5 Å². The van der Waals surface area contributed by atoms with Gasteiger partial charge in [0.05, 0.1) is 0 Å². The van der Waals surface area contributed by atoms with Gasteiger partial charge >= 0.3 is 0 Å². The first kappa shape index (κ1) is 20.8. The maximum absolute atomic E-state index is 6.84. The van der Waals surface area contributed by atoms with Gasteiger partial charge in [0.15, 0.2) is 8.07 Å². The largest absolute Gasteiger partial charge is 0.458 e. The SMILES string of the molecule is c1ccc([Si]2(c3ccccc3)c3ccccc3B3c4ccc5ccccc5c4Oc4cccc2c43)cc1. The number of ether oxygens (including phenoxy) is 1. The Morgan fingerprint density at radius 1 is 0.486 bits per heavy atom. The fourth-order valence-corrected chi connectivity index (χ4v) is 12.1. The van der Waals surface area contributed by atoms with Gasteiger partial charge in [-0.1, -0.05) is 139 Å². The van der Waals surface area contributed by atoms with Gasteiger partial charge in [0.25, 0.3) is 6.71 Å². The maximum atomic E-state index is 6.84. The van der Waals surface area contributed by atoms with E-state index in [1.807, 2.05) is 0 Å². The quantitative estimate of drug-likeness (QED) is 0.341. The van der Waals surface area contributed by atoms with Crippen molar-refractivity contribution in [3.63, 3.8) is 0 Å². The van der Waals surface area contributed by atoms with E-state index in [-0.39, 0.29) is 6.71 Å². The van der Waals surface area contributed by atoms with Crippen LogP contribution in [0.4, 0.5) is 0 Å². The van der Waals surface area contributed by atoms with Crippen molar-refractivity contribution < 1.29 is 4.74 Å². The van der Waals surface area contributed by atoms with Crippen molar-refractivity contribution in [2.45, 2.75) is 0 Å². The zero-order chi connectivity index (χ0) is 24.4. The van der Waals surface area contributed by atoms with Crippen LogP contribution in [-0.2, 0) is 0 Å². The summed E-state index contributed by atoms with van der Waals surface area (Å²) in [7, 11) is -2.59. The Balaban J connectivity index is 1.54. The lowest BCUT2D eigenvalue weighted by atomic mass is 9.35. The predicted molar refractivity (Wildman–Crippen MR) is 159 cm³/mol. The van der Waals surface area contributed by atoms with Crippen LogP contribution in [0.2, 0.25) is 0 Å². The third-order valence-electron chi connectivity index (χ3n) is 8.28. The van der Waals surface area contributed by atoms with Crippen molar-refractivity contribution in [1.29, 1.82) is 0 Å². The van der Waals surface area contributed by atoms with Crippen LogP contribution in [0, 0.1) is 0 Å². The van der Waals surface area contributed by atoms with Gasteiger partial charge < -0.3 is 4.74 Å². The van der Waals surface area contributed by atoms with E-state index >= 15 is 0 Å². The smallest absolute Gasteiger partial charge is 0.250 e. The molecule has 0 N–H and O–H groups in total. The summed E-state index contributed by atoms with van der Waals surface area (Å²) in [5.41, 5.74) is 4.00. The van der Waals surface area contributed by atoms with E-state index < -0.39 is 8.07 Å². The van der Waals surface area contributed by atoms with Crippen LogP contribution < -0.4 is 41.9 Å². The zero-order valence-corrected chi connectivity index (χ0v) is 21.3. The molecule has 37 heavy (non-hydrogen) atoms. The van der Waals surface area contributed by atoms with E-state index in [1.165, 1.54) is 47.9 Å². The van der Waals surface area contributed by atoms with Crippen LogP contribution in [0.15, 0.2) is 140 Å². The van der Waals surface area contributed by atoms with Crippen LogP contribution >= 0.6 is 0 Å². The van der Waals surface area contributed by atoms with Crippen LogP contribution in [0.5, 0.6) is 11.5 Å². The van der Waals surface area contributed by atoms with Crippen LogP contribution in [0.25, 0.3) is 10.8 Å². The summed E-state index contributed by atoms with van der Waals surface area (Å²) in [5, 5.41) is 8.11. The lowest BCUT2D eigenvalue weighted by Crippen LogP contribution is -2.87. The summed E-state index contributed by atoms with van der Waals surface area (Å²) in [5.74, 6) is 1.99. The number of hydrogen-bond donors (Lipinski definition) is 0. The minimum absolute atomic E-state index is 0.142. The molecule has 3 heteroatoms. The minimum Gasteiger partial charge on any atom is -0.458 e. The summed E-state index contributed by atoms with van der Waals surface area (Å²) in [4.78, 5) is 0. The summed E-state index contributed by atoms with van der Waals surface area (Å²) >= 11 is 0. The number of benzene rings is 6. The molecule has 2 aliphatic rings. The summed E-state index contributed by atoms with van der Waals surface area (Å²) < 4.78 is 6.84. The second-order valence-electron chi connectivity index (χ2n) is 10.0. The molecule has 6 aromatic rings. The monoisotopic (exact) mass is 486 g/mol. The molecule has 0 saturated heterocycles. The molecule has 0 bridgehead atoms. The first-order chi connectivity index (χ1) is 18.4. The summed E-state index contributed by atoms with van der Waals surface area (Å²) in [6.45, 7) is 0.142. The van der Waals surface area contributed by atoms with Gasteiger partial charge in [0.1, 0.15) is 11.5 Å². The van der Waals surface area contributed by atoms with Gasteiger partial charge in [0, 0.05) is 5.39 Å². The Bertz CT molecular complexity index is 1770. The zero-order valence-electron chi connectivity index (χ0n) is 20.3. The molecule has 8 rings (SSSR count). The van der Waals surface area contributed by atoms with Crippen LogP contribution in [-0.4, -0.2) is 14.8 Å². The highest BCUT2D eigenvalue weighted by atomic mass is 28.3. The molecular formula is C34H23BOSi. The highest BCUT2D eigenvalue weighted by Gasteiger charge is 2.52. The van der Waals surface area contributed by atoms with Gasteiger partial charge in [0.2, 0.25) is 0 Å². The topological polar surface area (TPSA) is 9.23 Å². The Kier molecular flexibility index (Phi) is 4.40. The first-order valence-corrected chi connectivity index (χ1v) is 14.9. The van der Waals surface area contributed by atoms with Crippen LogP contribution in [0.3, 0.4) is 0 Å². The van der Waals surface area contributed by atoms with Crippen molar-refractivity contribution in [3.05, 3.63) is 140 Å². The van der Waals surface area contributed by atoms with Crippen molar-refractivity contribution in [2.24, 2.45) is 0 Å². The molecule has 0 fully saturated rings. The van der Waals surface area contributed by atoms with Crippen molar-refractivity contribution >= 4 is 62.7 Å². The first-order valence-electron chi connectivity index (χ1n) is 12.9. The molecule has 0 amide bonds. The highest BCUT2D eigenvalue weighted by Crippen LogP contribution is 2.32. The summed E-state index contributed by atoms with van der Waals surface area (Å²) in [6.07, 6.45) is 0. The summed E-state index contributed by atoms with van der Waals surface area (Å²) in [6, 6.07) is 51.4.